The van der Waals surface area contributed by atoms with Crippen LogP contribution in [0.15, 0.2) is 12.2 Å². The Bertz CT molecular complexity index is 852. The first kappa shape index (κ1) is 27.0. The van der Waals surface area contributed by atoms with Crippen molar-refractivity contribution in [1.29, 1.82) is 0 Å². The molecule has 0 amide bonds. The van der Waals surface area contributed by atoms with E-state index in [2.05, 4.69) is 13.8 Å². The van der Waals surface area contributed by atoms with E-state index in [9.17, 15) is 41.4 Å². The molecule has 200 valence electrons. The van der Waals surface area contributed by atoms with Crippen molar-refractivity contribution in [3.05, 3.63) is 12.2 Å². The Kier molecular flexibility index (Phi) is 6.52. The van der Waals surface area contributed by atoms with Crippen LogP contribution in [0.3, 0.4) is 0 Å². The fourth-order valence-electron chi connectivity index (χ4n) is 8.77. The summed E-state index contributed by atoms with van der Waals surface area (Å²) in [7, 11) is 0. The number of Topliss-reactive ketones (excluding diaryl/α,β-unsaturated/α-hetero) is 1. The van der Waals surface area contributed by atoms with Crippen molar-refractivity contribution in [3.63, 3.8) is 0 Å². The number of hydrogen-bond donors (Lipinski definition) is 2. The molecule has 0 aliphatic heterocycles. The molecule has 9 unspecified atom stereocenters. The Morgan fingerprint density at radius 3 is 2.14 bits per heavy atom. The van der Waals surface area contributed by atoms with E-state index in [4.69, 9.17) is 0 Å². The summed E-state index contributed by atoms with van der Waals surface area (Å²) in [5, 5.41) is 20.6. The molecule has 2 N–H and O–H groups in total. The van der Waals surface area contributed by atoms with Crippen molar-refractivity contribution >= 4 is 5.78 Å². The molecule has 4 aliphatic rings. The molecule has 4 rings (SSSR count). The van der Waals surface area contributed by atoms with Gasteiger partial charge < -0.3 is 10.2 Å². The van der Waals surface area contributed by atoms with Gasteiger partial charge in [-0.05, 0) is 90.9 Å². The molecule has 0 radical (unpaired) electrons. The van der Waals surface area contributed by atoms with E-state index >= 15 is 0 Å². The number of ketones is 1. The van der Waals surface area contributed by atoms with Crippen LogP contribution in [0.25, 0.3) is 0 Å². The van der Waals surface area contributed by atoms with Crippen molar-refractivity contribution in [1.82, 2.24) is 0 Å². The molecule has 0 spiro atoms. The third kappa shape index (κ3) is 4.07. The summed E-state index contributed by atoms with van der Waals surface area (Å²) >= 11 is 0. The zero-order valence-corrected chi connectivity index (χ0v) is 20.4. The maximum atomic E-state index is 13.1. The minimum absolute atomic E-state index is 0.0455. The fourth-order valence-corrected chi connectivity index (χ4v) is 8.77. The van der Waals surface area contributed by atoms with E-state index in [0.717, 1.165) is 31.8 Å². The van der Waals surface area contributed by atoms with Crippen molar-refractivity contribution in [2.24, 2.45) is 46.3 Å². The number of halogens is 6. The first-order valence-electron chi connectivity index (χ1n) is 12.7. The van der Waals surface area contributed by atoms with Crippen LogP contribution in [0, 0.1) is 46.3 Å². The second-order valence-electron chi connectivity index (χ2n) is 12.2. The Morgan fingerprint density at radius 2 is 1.54 bits per heavy atom. The summed E-state index contributed by atoms with van der Waals surface area (Å²) in [6.07, 6.45) is -6.05. The van der Waals surface area contributed by atoms with Gasteiger partial charge in [0, 0.05) is 12.8 Å². The molecule has 4 saturated carbocycles. The largest absolute Gasteiger partial charge is 0.429 e. The van der Waals surface area contributed by atoms with E-state index in [-0.39, 0.29) is 46.4 Å². The number of carbonyl (C=O) groups excluding carboxylic acids is 1. The van der Waals surface area contributed by atoms with Gasteiger partial charge in [-0.3, -0.25) is 4.79 Å². The van der Waals surface area contributed by atoms with E-state index < -0.39 is 30.0 Å². The molecule has 9 atom stereocenters. The number of aliphatic hydroxyl groups excluding tert-OH is 1. The lowest BCUT2D eigenvalue weighted by Crippen LogP contribution is -2.58. The quantitative estimate of drug-likeness (QED) is 0.350. The fraction of sp³-hybridized carbons (Fsp3) is 0.885. The average molecular weight is 511 g/mol. The molecule has 0 heterocycles. The van der Waals surface area contributed by atoms with Crippen LogP contribution in [0.5, 0.6) is 0 Å². The standard InChI is InChI=1S/C26H36F6O3/c1-14(6-11-24(35,25(27,28)29)26(30,31)32)17-4-5-18-16-13-21(34)20-12-15(33)7-9-23(20,3)19(16)8-10-22(17,18)2/h6,11,14,16-21,34-35H,4-5,7-10,12-13H2,1-3H3. The van der Waals surface area contributed by atoms with Crippen molar-refractivity contribution < 1.29 is 41.4 Å². The monoisotopic (exact) mass is 510 g/mol. The summed E-state index contributed by atoms with van der Waals surface area (Å²) in [6.45, 7) is 5.92. The molecular formula is C26H36F6O3. The lowest BCUT2D eigenvalue weighted by Gasteiger charge is -2.61. The van der Waals surface area contributed by atoms with Gasteiger partial charge in [0.15, 0.2) is 0 Å². The van der Waals surface area contributed by atoms with Gasteiger partial charge in [0.2, 0.25) is 0 Å². The molecule has 4 aliphatic carbocycles. The van der Waals surface area contributed by atoms with E-state index in [0.29, 0.717) is 31.6 Å². The Morgan fingerprint density at radius 1 is 0.943 bits per heavy atom. The van der Waals surface area contributed by atoms with Gasteiger partial charge in [0.05, 0.1) is 6.10 Å². The number of alkyl halides is 6. The van der Waals surface area contributed by atoms with Gasteiger partial charge in [0.1, 0.15) is 5.78 Å². The summed E-state index contributed by atoms with van der Waals surface area (Å²) < 4.78 is 78.7. The Balaban J connectivity index is 1.57. The highest BCUT2D eigenvalue weighted by Gasteiger charge is 2.69. The molecule has 0 aromatic rings. The molecule has 35 heavy (non-hydrogen) atoms. The van der Waals surface area contributed by atoms with Crippen LogP contribution in [0.4, 0.5) is 26.3 Å². The average Bonchev–Trinajstić information content (AvgIpc) is 3.09. The highest BCUT2D eigenvalue weighted by Crippen LogP contribution is 2.68. The van der Waals surface area contributed by atoms with Crippen LogP contribution in [-0.2, 0) is 4.79 Å². The smallest absolute Gasteiger partial charge is 0.393 e. The van der Waals surface area contributed by atoms with Gasteiger partial charge in [-0.2, -0.15) is 26.3 Å². The summed E-state index contributed by atoms with van der Waals surface area (Å²) in [6, 6.07) is 0. The lowest BCUT2D eigenvalue weighted by atomic mass is 9.44. The van der Waals surface area contributed by atoms with Gasteiger partial charge in [-0.15, -0.1) is 0 Å². The van der Waals surface area contributed by atoms with Gasteiger partial charge in [0.25, 0.3) is 5.60 Å². The third-order valence-corrected chi connectivity index (χ3v) is 10.7. The maximum Gasteiger partial charge on any atom is 0.429 e. The zero-order chi connectivity index (χ0) is 26.2. The van der Waals surface area contributed by atoms with Crippen LogP contribution in [-0.4, -0.2) is 40.1 Å². The lowest BCUT2D eigenvalue weighted by molar-refractivity contribution is -0.347. The number of fused-ring (bicyclic) bond motifs is 5. The molecule has 3 nitrogen and oxygen atoms in total. The molecule has 0 saturated heterocycles. The number of aliphatic hydroxyl groups is 2. The first-order valence-corrected chi connectivity index (χ1v) is 12.7. The number of hydrogen-bond acceptors (Lipinski definition) is 3. The van der Waals surface area contributed by atoms with Crippen LogP contribution >= 0.6 is 0 Å². The molecule has 0 bridgehead atoms. The molecule has 4 fully saturated rings. The molecular weight excluding hydrogens is 474 g/mol. The second kappa shape index (κ2) is 8.47. The van der Waals surface area contributed by atoms with Crippen molar-refractivity contribution in [2.45, 2.75) is 96.2 Å². The summed E-state index contributed by atoms with van der Waals surface area (Å²) in [4.78, 5) is 12.1. The van der Waals surface area contributed by atoms with Crippen molar-refractivity contribution in [2.75, 3.05) is 0 Å². The summed E-state index contributed by atoms with van der Waals surface area (Å²) in [5.41, 5.74) is -5.27. The maximum absolute atomic E-state index is 13.1. The van der Waals surface area contributed by atoms with E-state index in [1.165, 1.54) is 0 Å². The van der Waals surface area contributed by atoms with E-state index in [1.807, 2.05) is 0 Å². The Labute approximate surface area is 202 Å². The van der Waals surface area contributed by atoms with Gasteiger partial charge >= 0.3 is 12.4 Å². The third-order valence-electron chi connectivity index (χ3n) is 10.7. The minimum atomic E-state index is -5.87. The number of allylic oxidation sites excluding steroid dienone is 1. The van der Waals surface area contributed by atoms with Crippen LogP contribution < -0.4 is 0 Å². The SMILES string of the molecule is CC(C=CC(O)(C(F)(F)F)C(F)(F)F)C1CCC2C3CC(O)C4CC(=O)CCC4(C)C3CCC12C. The predicted molar refractivity (Wildman–Crippen MR) is 117 cm³/mol. The number of carbonyl (C=O) groups is 1. The highest BCUT2D eigenvalue weighted by molar-refractivity contribution is 5.79. The second-order valence-corrected chi connectivity index (χ2v) is 12.2. The van der Waals surface area contributed by atoms with Crippen LogP contribution in [0.1, 0.15) is 72.1 Å². The normalized spacial score (nSPS) is 43.6. The minimum Gasteiger partial charge on any atom is -0.393 e. The first-order chi connectivity index (χ1) is 16.0. The van der Waals surface area contributed by atoms with Gasteiger partial charge in [-0.1, -0.05) is 26.8 Å². The molecule has 0 aromatic carbocycles. The van der Waals surface area contributed by atoms with E-state index in [1.54, 1.807) is 6.92 Å². The predicted octanol–water partition coefficient (Wildman–Crippen LogP) is 6.23. The zero-order valence-electron chi connectivity index (χ0n) is 20.4. The Hall–Kier alpha value is -1.09. The topological polar surface area (TPSA) is 57.5 Å². The molecule has 9 heteroatoms. The van der Waals surface area contributed by atoms with Crippen LogP contribution in [0.2, 0.25) is 0 Å². The summed E-state index contributed by atoms with van der Waals surface area (Å²) in [5.74, 6) is 0.249. The van der Waals surface area contributed by atoms with Gasteiger partial charge in [-0.25, -0.2) is 0 Å². The molecule has 0 aromatic heterocycles. The van der Waals surface area contributed by atoms with Crippen molar-refractivity contribution in [3.8, 4) is 0 Å². The highest BCUT2D eigenvalue weighted by atomic mass is 19.4. The number of rotatable bonds is 3.